The lowest BCUT2D eigenvalue weighted by molar-refractivity contribution is 0.0315. The lowest BCUT2D eigenvalue weighted by Gasteiger charge is -2.31. The first-order chi connectivity index (χ1) is 57.4. The molecule has 0 bridgehead atoms. The Balaban J connectivity index is 0.000000166. The topological polar surface area (TPSA) is 427 Å². The molecule has 0 amide bonds. The Morgan fingerprint density at radius 1 is 0.471 bits per heavy atom. The molecule has 121 heavy (non-hydrogen) atoms. The van der Waals surface area contributed by atoms with E-state index in [1.807, 2.05) is 75.7 Å². The third kappa shape index (κ3) is 24.5. The van der Waals surface area contributed by atoms with Crippen LogP contribution in [0.15, 0.2) is 156 Å². The van der Waals surface area contributed by atoms with Crippen LogP contribution in [0.2, 0.25) is 30.1 Å². The van der Waals surface area contributed by atoms with Crippen molar-refractivity contribution in [2.45, 2.75) is 142 Å². The van der Waals surface area contributed by atoms with Crippen LogP contribution in [0, 0.1) is 5.92 Å². The molecule has 15 heterocycles. The summed E-state index contributed by atoms with van der Waals surface area (Å²) in [6.07, 6.45) is 20.9. The summed E-state index contributed by atoms with van der Waals surface area (Å²) in [5.41, 5.74) is 15.8. The van der Waals surface area contributed by atoms with E-state index >= 15 is 0 Å². The SMILES string of the molecule is CC(C)C[C@H](CO)n1c(=O)[nH]c2ncc(Cl)cc21.CC(Cn1cccn1)n1c(=O)[nH]c2ncc(Cl)cc21.CC[C@@H](CCO)n1c(=O)[nH]c2ncc(Cl)cc21.CC[C@H](CN1CCCCC1)n1c(=O)[nH]c2ncc(Cl)cc21.CC[C@H](CN=[N+]=[N-])n1c(=O)[nH]c2ncc(Cl)cc21.O=c1[nH]c2ncc(Cl)cc2n1[C@@H](Cc1ccccc1)CN1CCOCC1.S.S. The standard InChI is InChI=1S/C19H21ClN4O2.C15H21ClN4O.C12H12ClN5O.C12H16ClN3O2.C11H14ClN3O2.C10H11ClN6O.2H2S/c20-15-11-17-18(21-12-15)22-19(25)24(17)16(10-14-4-2-1-3-5-14)13-23-6-8-26-9-7-23;1-2-12(10-19-6-4-3-5-7-19)20-13-8-11(16)9-17-14(13)18-15(20)21;1-8(7-17-4-2-3-15-17)18-10-5-9(13)6-14-11(10)16-12(18)19;1-7(2)3-9(6-17)16-10-4-8(13)5-14-11(10)15-12(16)18;1-2-8(3-4-16)15-9-5-7(12)6-13-10(9)14-11(15)17;1-2-7(5-14-16-12)17-8-3-6(11)4-13-9(8)15-10(17)18;;/h1-5,11-12,16H,6-10,13H2,(H,21,22,25);8-9,12H,2-7,10H2,1H3,(H,17,18,21);2-6,8H,7H2,1H3,(H,14,16,19);4-5,7,9,17H,3,6H2,1-2H3,(H,14,15,18);5-6,8,16H,2-4H2,1H3,(H,13,14,17);3-4,7H,2,5H2,1H3,(H,13,15,18);2*1H2/t16-;12-;;9-;8-;7-;;/m01.101../s1. The van der Waals surface area contributed by atoms with E-state index in [2.05, 4.69) is 104 Å². The van der Waals surface area contributed by atoms with Crippen LogP contribution < -0.4 is 34.1 Å². The number of pyridine rings is 6. The third-order valence-corrected chi connectivity index (χ3v) is 21.7. The van der Waals surface area contributed by atoms with Crippen molar-refractivity contribution in [3.05, 3.63) is 231 Å². The maximum Gasteiger partial charge on any atom is 0.328 e. The molecule has 0 aliphatic carbocycles. The van der Waals surface area contributed by atoms with Crippen LogP contribution in [0.3, 0.4) is 0 Å². The van der Waals surface area contributed by atoms with Crippen LogP contribution in [0.5, 0.6) is 0 Å². The van der Waals surface area contributed by atoms with Gasteiger partial charge in [-0.1, -0.05) is 146 Å². The normalized spacial score (nSPS) is 14.5. The van der Waals surface area contributed by atoms with E-state index in [1.165, 1.54) is 58.7 Å². The minimum absolute atomic E-state index is 0. The molecular formula is C79H99Cl6N25O9S2. The van der Waals surface area contributed by atoms with Crippen molar-refractivity contribution in [1.29, 1.82) is 0 Å². The third-order valence-electron chi connectivity index (χ3n) is 20.5. The zero-order valence-electron chi connectivity index (χ0n) is 67.5. The number of likely N-dealkylation sites (tertiary alicyclic amines) is 1. The highest BCUT2D eigenvalue weighted by Crippen LogP contribution is 2.29. The fourth-order valence-electron chi connectivity index (χ4n) is 14.9. The first-order valence-corrected chi connectivity index (χ1v) is 41.5. The van der Waals surface area contributed by atoms with Gasteiger partial charge in [0.25, 0.3) is 0 Å². The van der Waals surface area contributed by atoms with Crippen molar-refractivity contribution in [2.24, 2.45) is 11.0 Å². The van der Waals surface area contributed by atoms with E-state index in [9.17, 15) is 33.9 Å². The minimum Gasteiger partial charge on any atom is -0.396 e. The Morgan fingerprint density at radius 2 is 0.835 bits per heavy atom. The summed E-state index contributed by atoms with van der Waals surface area (Å²) >= 11 is 35.8. The number of ether oxygens (including phenoxy) is 1. The zero-order valence-corrected chi connectivity index (χ0v) is 74.0. The number of H-pyrrole nitrogens is 6. The Morgan fingerprint density at radius 3 is 1.21 bits per heavy atom. The summed E-state index contributed by atoms with van der Waals surface area (Å²) in [4.78, 5) is 121. The van der Waals surface area contributed by atoms with Crippen LogP contribution in [0.25, 0.3) is 77.4 Å². The number of azide groups is 1. The molecule has 0 radical (unpaired) electrons. The van der Waals surface area contributed by atoms with Gasteiger partial charge in [-0.15, -0.1) is 0 Å². The Bertz CT molecular complexity index is 6120. The number of nitrogens with zero attached hydrogens (tertiary/aromatic N) is 19. The molecule has 0 spiro atoms. The van der Waals surface area contributed by atoms with Crippen molar-refractivity contribution in [3.63, 3.8) is 0 Å². The number of benzene rings is 1. The van der Waals surface area contributed by atoms with Gasteiger partial charge >= 0.3 is 34.1 Å². The van der Waals surface area contributed by atoms with Gasteiger partial charge in [-0.05, 0) is 131 Å². The molecule has 0 saturated carbocycles. The molecule has 13 aromatic heterocycles. The van der Waals surface area contributed by atoms with Crippen LogP contribution in [0.4, 0.5) is 0 Å². The first-order valence-electron chi connectivity index (χ1n) is 39.2. The molecule has 8 N–H and O–H groups in total. The smallest absolute Gasteiger partial charge is 0.328 e. The van der Waals surface area contributed by atoms with Gasteiger partial charge in [0.05, 0.1) is 114 Å². The number of aliphatic hydroxyl groups excluding tert-OH is 2. The van der Waals surface area contributed by atoms with Crippen molar-refractivity contribution in [1.82, 2.24) is 107 Å². The fourth-order valence-corrected chi connectivity index (χ4v) is 15.8. The number of imidazole rings is 6. The monoisotopic (exact) mass is 1820 g/mol. The molecule has 6 atom stereocenters. The maximum absolute atomic E-state index is 12.7. The number of halogens is 6. The summed E-state index contributed by atoms with van der Waals surface area (Å²) in [5, 5.41) is 29.2. The highest BCUT2D eigenvalue weighted by atomic mass is 35.5. The predicted octanol–water partition coefficient (Wildman–Crippen LogP) is 13.7. The number of rotatable bonds is 24. The van der Waals surface area contributed by atoms with Crippen molar-refractivity contribution in [2.75, 3.05) is 72.2 Å². The summed E-state index contributed by atoms with van der Waals surface area (Å²) < 4.78 is 17.2. The minimum atomic E-state index is -0.278. The average Bonchev–Trinajstić information content (AvgIpc) is 1.68. The lowest BCUT2D eigenvalue weighted by Crippen LogP contribution is -2.41. The highest BCUT2D eigenvalue weighted by Gasteiger charge is 2.27. The molecule has 2 aliphatic rings. The quantitative estimate of drug-likeness (QED) is 0.0158. The molecule has 648 valence electrons. The van der Waals surface area contributed by atoms with Crippen molar-refractivity contribution >= 4 is 164 Å². The number of nitrogens with one attached hydrogen (secondary N) is 6. The Hall–Kier alpha value is -9.50. The second-order valence-electron chi connectivity index (χ2n) is 29.2. The van der Waals surface area contributed by atoms with Crippen LogP contribution in [-0.4, -0.2) is 189 Å². The molecule has 2 fully saturated rings. The second-order valence-corrected chi connectivity index (χ2v) is 31.8. The van der Waals surface area contributed by atoms with Gasteiger partial charge in [-0.3, -0.25) is 66.9 Å². The Kier molecular flexibility index (Phi) is 35.9. The summed E-state index contributed by atoms with van der Waals surface area (Å²) in [6.45, 7) is 20.0. The number of aromatic amines is 6. The fraction of sp³-hybridized carbons (Fsp3) is 0.430. The Labute approximate surface area is 737 Å². The molecule has 1 unspecified atom stereocenters. The van der Waals surface area contributed by atoms with Gasteiger partial charge in [0.2, 0.25) is 0 Å². The largest absolute Gasteiger partial charge is 0.396 e. The molecule has 34 nitrogen and oxygen atoms in total. The molecule has 16 rings (SSSR count). The molecular weight excluding hydrogens is 1720 g/mol. The average molecular weight is 1820 g/mol. The lowest BCUT2D eigenvalue weighted by atomic mass is 10.0. The number of fused-ring (bicyclic) bond motifs is 6. The van der Waals surface area contributed by atoms with Crippen molar-refractivity contribution < 1.29 is 14.9 Å². The van der Waals surface area contributed by atoms with Gasteiger partial charge in [0.1, 0.15) is 0 Å². The predicted molar refractivity (Wildman–Crippen MR) is 486 cm³/mol. The van der Waals surface area contributed by atoms with E-state index in [1.54, 1.807) is 67.3 Å². The number of piperidine rings is 1. The number of aliphatic hydroxyl groups is 2. The van der Waals surface area contributed by atoms with Crippen molar-refractivity contribution in [3.8, 4) is 0 Å². The van der Waals surface area contributed by atoms with Crippen LogP contribution >= 0.6 is 96.6 Å². The van der Waals surface area contributed by atoms with Crippen LogP contribution in [0.1, 0.15) is 135 Å². The number of hydrogen-bond acceptors (Lipinski definition) is 19. The van der Waals surface area contributed by atoms with E-state index in [-0.39, 0.29) is 117 Å². The summed E-state index contributed by atoms with van der Waals surface area (Å²) in [7, 11) is 0. The van der Waals surface area contributed by atoms with Gasteiger partial charge in [-0.25, -0.2) is 58.7 Å². The molecule has 2 saturated heterocycles. The van der Waals surface area contributed by atoms with E-state index in [0.717, 1.165) is 89.2 Å². The number of aromatic nitrogens is 20. The van der Waals surface area contributed by atoms with Gasteiger partial charge < -0.3 is 19.8 Å². The van der Waals surface area contributed by atoms with Gasteiger partial charge in [-0.2, -0.15) is 32.1 Å². The zero-order chi connectivity index (χ0) is 85.0. The number of morpholine rings is 1. The molecule has 2 aliphatic heterocycles. The maximum atomic E-state index is 12.7. The molecule has 42 heteroatoms. The second kappa shape index (κ2) is 45.6. The van der Waals surface area contributed by atoms with E-state index < -0.39 is 0 Å². The van der Waals surface area contributed by atoms with E-state index in [4.69, 9.17) is 85.0 Å². The number of hydrogen-bond donors (Lipinski definition) is 8. The molecule has 1 aromatic carbocycles. The highest BCUT2D eigenvalue weighted by molar-refractivity contribution is 7.59. The summed E-state index contributed by atoms with van der Waals surface area (Å²) in [5.74, 6) is 0.381. The molecule has 14 aromatic rings. The van der Waals surface area contributed by atoms with Crippen LogP contribution in [-0.2, 0) is 17.7 Å². The van der Waals surface area contributed by atoms with Gasteiger partial charge in [0, 0.05) is 106 Å². The van der Waals surface area contributed by atoms with E-state index in [0.29, 0.717) is 111 Å². The first kappa shape index (κ1) is 95.3. The van der Waals surface area contributed by atoms with Gasteiger partial charge in [0.15, 0.2) is 33.9 Å². The summed E-state index contributed by atoms with van der Waals surface area (Å²) in [6, 6.07) is 22.1.